The monoisotopic (exact) mass is 305 g/mol. The number of amides is 1. The van der Waals surface area contributed by atoms with Crippen LogP contribution < -0.4 is 9.64 Å². The number of ketones is 1. The predicted molar refractivity (Wildman–Crippen MR) is 80.3 cm³/mol. The maximum absolute atomic E-state index is 12.3. The quantitative estimate of drug-likeness (QED) is 0.842. The molecule has 6 heteroatoms. The van der Waals surface area contributed by atoms with E-state index >= 15 is 0 Å². The standard InChI is InChI=1S/C16H19NO5/c1-10(2)16(21)17-7-8-22-14-5-3-11(9-12(14)17)13(18)4-6-15(19)20/h3,5,9-10H,4,6-8H2,1-2H3,(H,19,20). The fraction of sp³-hybridized carbons (Fsp3) is 0.438. The van der Waals surface area contributed by atoms with Gasteiger partial charge in [0.2, 0.25) is 5.91 Å². The molecule has 1 aliphatic heterocycles. The lowest BCUT2D eigenvalue weighted by Gasteiger charge is -2.31. The van der Waals surface area contributed by atoms with Crippen LogP contribution in [0.4, 0.5) is 5.69 Å². The van der Waals surface area contributed by atoms with Crippen LogP contribution in [0.25, 0.3) is 0 Å². The molecule has 1 N–H and O–H groups in total. The van der Waals surface area contributed by atoms with Gasteiger partial charge in [-0.25, -0.2) is 0 Å². The fourth-order valence-corrected chi connectivity index (χ4v) is 2.30. The van der Waals surface area contributed by atoms with Crippen molar-refractivity contribution in [3.05, 3.63) is 23.8 Å². The number of carbonyl (C=O) groups excluding carboxylic acids is 2. The first kappa shape index (κ1) is 16.0. The van der Waals surface area contributed by atoms with Gasteiger partial charge in [-0.3, -0.25) is 14.4 Å². The van der Waals surface area contributed by atoms with Crippen LogP contribution >= 0.6 is 0 Å². The summed E-state index contributed by atoms with van der Waals surface area (Å²) < 4.78 is 5.52. The van der Waals surface area contributed by atoms with Crippen LogP contribution in [0.15, 0.2) is 18.2 Å². The molecule has 0 unspecified atom stereocenters. The van der Waals surface area contributed by atoms with Crippen molar-refractivity contribution in [2.45, 2.75) is 26.7 Å². The SMILES string of the molecule is CC(C)C(=O)N1CCOc2ccc(C(=O)CCC(=O)O)cc21. The highest BCUT2D eigenvalue weighted by molar-refractivity contribution is 6.01. The van der Waals surface area contributed by atoms with Crippen molar-refractivity contribution in [1.82, 2.24) is 0 Å². The van der Waals surface area contributed by atoms with Gasteiger partial charge in [0.05, 0.1) is 18.7 Å². The molecular weight excluding hydrogens is 286 g/mol. The Kier molecular flexibility index (Phi) is 4.80. The van der Waals surface area contributed by atoms with Crippen LogP contribution in [0, 0.1) is 5.92 Å². The van der Waals surface area contributed by atoms with Crippen molar-refractivity contribution in [1.29, 1.82) is 0 Å². The minimum absolute atomic E-state index is 0.0281. The van der Waals surface area contributed by atoms with E-state index in [0.717, 1.165) is 0 Å². The van der Waals surface area contributed by atoms with Crippen molar-refractivity contribution in [2.24, 2.45) is 5.92 Å². The molecule has 2 rings (SSSR count). The van der Waals surface area contributed by atoms with E-state index in [1.165, 1.54) is 0 Å². The molecule has 0 aliphatic carbocycles. The summed E-state index contributed by atoms with van der Waals surface area (Å²) in [6.45, 7) is 4.49. The molecule has 6 nitrogen and oxygen atoms in total. The average Bonchev–Trinajstić information content (AvgIpc) is 2.50. The van der Waals surface area contributed by atoms with Crippen LogP contribution in [0.5, 0.6) is 5.75 Å². The summed E-state index contributed by atoms with van der Waals surface area (Å²) in [5, 5.41) is 8.65. The summed E-state index contributed by atoms with van der Waals surface area (Å²) in [4.78, 5) is 36.5. The second-order valence-electron chi connectivity index (χ2n) is 5.49. The topological polar surface area (TPSA) is 83.9 Å². The highest BCUT2D eigenvalue weighted by Gasteiger charge is 2.26. The number of carbonyl (C=O) groups is 3. The average molecular weight is 305 g/mol. The number of ether oxygens (including phenoxy) is 1. The molecule has 1 aromatic rings. The van der Waals surface area contributed by atoms with Crippen LogP contribution in [0.1, 0.15) is 37.0 Å². The maximum atomic E-state index is 12.3. The molecule has 0 saturated carbocycles. The Balaban J connectivity index is 2.27. The Morgan fingerprint density at radius 3 is 2.64 bits per heavy atom. The Hall–Kier alpha value is -2.37. The highest BCUT2D eigenvalue weighted by atomic mass is 16.5. The van der Waals surface area contributed by atoms with Crippen molar-refractivity contribution in [3.8, 4) is 5.75 Å². The zero-order chi connectivity index (χ0) is 16.3. The van der Waals surface area contributed by atoms with E-state index in [-0.39, 0.29) is 30.4 Å². The van der Waals surface area contributed by atoms with E-state index in [4.69, 9.17) is 9.84 Å². The van der Waals surface area contributed by atoms with Crippen LogP contribution in [0.2, 0.25) is 0 Å². The van der Waals surface area contributed by atoms with Crippen molar-refractivity contribution >= 4 is 23.3 Å². The third kappa shape index (κ3) is 3.44. The molecule has 0 fully saturated rings. The van der Waals surface area contributed by atoms with Gasteiger partial charge in [0, 0.05) is 17.9 Å². The van der Waals surface area contributed by atoms with Gasteiger partial charge in [0.1, 0.15) is 12.4 Å². The number of carboxylic acids is 1. The maximum Gasteiger partial charge on any atom is 0.303 e. The first-order chi connectivity index (χ1) is 10.4. The molecule has 22 heavy (non-hydrogen) atoms. The third-order valence-electron chi connectivity index (χ3n) is 3.47. The first-order valence-electron chi connectivity index (χ1n) is 7.23. The predicted octanol–water partition coefficient (Wildman–Crippen LogP) is 2.12. The van der Waals surface area contributed by atoms with Crippen molar-refractivity contribution in [2.75, 3.05) is 18.1 Å². The van der Waals surface area contributed by atoms with Crippen LogP contribution in [-0.4, -0.2) is 35.9 Å². The molecule has 0 aromatic heterocycles. The molecule has 0 bridgehead atoms. The molecule has 1 amide bonds. The van der Waals surface area contributed by atoms with E-state index in [1.54, 1.807) is 23.1 Å². The molecule has 1 aliphatic rings. The lowest BCUT2D eigenvalue weighted by molar-refractivity contribution is -0.137. The number of aliphatic carboxylic acids is 1. The first-order valence-corrected chi connectivity index (χ1v) is 7.23. The van der Waals surface area contributed by atoms with E-state index in [2.05, 4.69) is 0 Å². The minimum Gasteiger partial charge on any atom is -0.490 e. The Bertz CT molecular complexity index is 609. The number of rotatable bonds is 5. The van der Waals surface area contributed by atoms with E-state index in [9.17, 15) is 14.4 Å². The number of anilines is 1. The number of hydrogen-bond acceptors (Lipinski definition) is 4. The lowest BCUT2D eigenvalue weighted by atomic mass is 10.0. The largest absolute Gasteiger partial charge is 0.490 e. The smallest absolute Gasteiger partial charge is 0.303 e. The van der Waals surface area contributed by atoms with Gasteiger partial charge in [-0.05, 0) is 18.2 Å². The van der Waals surface area contributed by atoms with Gasteiger partial charge in [0.25, 0.3) is 0 Å². The molecule has 0 saturated heterocycles. The fourth-order valence-electron chi connectivity index (χ4n) is 2.30. The second kappa shape index (κ2) is 6.60. The van der Waals surface area contributed by atoms with Gasteiger partial charge in [-0.15, -0.1) is 0 Å². The van der Waals surface area contributed by atoms with Gasteiger partial charge in [-0.2, -0.15) is 0 Å². The summed E-state index contributed by atoms with van der Waals surface area (Å²) in [6, 6.07) is 4.87. The number of benzene rings is 1. The zero-order valence-electron chi connectivity index (χ0n) is 12.7. The van der Waals surface area contributed by atoms with Gasteiger partial charge in [-0.1, -0.05) is 13.8 Å². The molecule has 0 radical (unpaired) electrons. The molecule has 1 aromatic carbocycles. The number of Topliss-reactive ketones (excluding diaryl/α,β-unsaturated/α-hetero) is 1. The van der Waals surface area contributed by atoms with E-state index in [1.807, 2.05) is 13.8 Å². The summed E-state index contributed by atoms with van der Waals surface area (Å²) in [6.07, 6.45) is -0.270. The molecule has 118 valence electrons. The molecule has 0 spiro atoms. The summed E-state index contributed by atoms with van der Waals surface area (Å²) in [7, 11) is 0. The molecule has 0 atom stereocenters. The molecular formula is C16H19NO5. The van der Waals surface area contributed by atoms with Gasteiger partial charge < -0.3 is 14.7 Å². The molecule has 1 heterocycles. The Morgan fingerprint density at radius 2 is 2.00 bits per heavy atom. The normalized spacial score (nSPS) is 13.5. The van der Waals surface area contributed by atoms with E-state index in [0.29, 0.717) is 30.2 Å². The minimum atomic E-state index is -1.01. The van der Waals surface area contributed by atoms with Crippen LogP contribution in [0.3, 0.4) is 0 Å². The van der Waals surface area contributed by atoms with Gasteiger partial charge >= 0.3 is 5.97 Å². The Labute approximate surface area is 128 Å². The van der Waals surface area contributed by atoms with Crippen molar-refractivity contribution in [3.63, 3.8) is 0 Å². The van der Waals surface area contributed by atoms with Crippen molar-refractivity contribution < 1.29 is 24.2 Å². The van der Waals surface area contributed by atoms with Crippen LogP contribution in [-0.2, 0) is 9.59 Å². The second-order valence-corrected chi connectivity index (χ2v) is 5.49. The highest BCUT2D eigenvalue weighted by Crippen LogP contribution is 2.33. The number of carboxylic acid groups (broad SMARTS) is 1. The summed E-state index contributed by atoms with van der Waals surface area (Å²) >= 11 is 0. The number of nitrogens with zero attached hydrogens (tertiary/aromatic N) is 1. The number of hydrogen-bond donors (Lipinski definition) is 1. The lowest BCUT2D eigenvalue weighted by Crippen LogP contribution is -2.40. The van der Waals surface area contributed by atoms with E-state index < -0.39 is 5.97 Å². The summed E-state index contributed by atoms with van der Waals surface area (Å²) in [5.74, 6) is -0.883. The Morgan fingerprint density at radius 1 is 1.27 bits per heavy atom. The summed E-state index contributed by atoms with van der Waals surface area (Å²) in [5.41, 5.74) is 0.971. The number of fused-ring (bicyclic) bond motifs is 1. The van der Waals surface area contributed by atoms with Gasteiger partial charge in [0.15, 0.2) is 5.78 Å². The third-order valence-corrected chi connectivity index (χ3v) is 3.47. The zero-order valence-corrected chi connectivity index (χ0v) is 12.7.